The summed E-state index contributed by atoms with van der Waals surface area (Å²) in [4.78, 5) is 16.9. The Hall–Kier alpha value is -3.12. The van der Waals surface area contributed by atoms with E-state index in [1.54, 1.807) is 13.2 Å². The quantitative estimate of drug-likeness (QED) is 0.377. The zero-order valence-electron chi connectivity index (χ0n) is 19.3. The van der Waals surface area contributed by atoms with Crippen LogP contribution >= 0.6 is 11.3 Å². The number of carbonyl (C=O) groups excluding carboxylic acids is 1. The number of nitrogens with zero attached hydrogens (tertiary/aromatic N) is 1. The third-order valence-electron chi connectivity index (χ3n) is 5.10. The fourth-order valence-corrected chi connectivity index (χ4v) is 3.72. The van der Waals surface area contributed by atoms with Gasteiger partial charge in [0.15, 0.2) is 16.6 Å². The van der Waals surface area contributed by atoms with Gasteiger partial charge in [0.2, 0.25) is 5.91 Å². The molecule has 0 bridgehead atoms. The summed E-state index contributed by atoms with van der Waals surface area (Å²) in [7, 11) is 1.61. The number of nitrogens with one attached hydrogen (secondary N) is 1. The number of hydrogen-bond donors (Lipinski definition) is 1. The zero-order valence-corrected chi connectivity index (χ0v) is 20.1. The molecule has 0 saturated carbocycles. The molecule has 0 aliphatic heterocycles. The van der Waals surface area contributed by atoms with Crippen LogP contribution in [0.5, 0.6) is 11.5 Å². The first kappa shape index (κ1) is 23.5. The summed E-state index contributed by atoms with van der Waals surface area (Å²) in [6.45, 7) is 9.13. The van der Waals surface area contributed by atoms with Crippen LogP contribution in [0.15, 0.2) is 47.9 Å². The van der Waals surface area contributed by atoms with Gasteiger partial charge in [0.05, 0.1) is 19.4 Å². The van der Waals surface area contributed by atoms with E-state index in [4.69, 9.17) is 9.47 Å². The SMILES string of the molecule is COc1cc(/C=C/C(=O)Nc2nc(-c3ccc(C)c(C)c3)cs2)ccc1OCCC(C)C. The Morgan fingerprint density at radius 3 is 2.66 bits per heavy atom. The average Bonchev–Trinajstić information content (AvgIpc) is 3.23. The summed E-state index contributed by atoms with van der Waals surface area (Å²) in [5.41, 5.74) is 5.21. The Balaban J connectivity index is 1.61. The van der Waals surface area contributed by atoms with Gasteiger partial charge in [0.25, 0.3) is 0 Å². The fourth-order valence-electron chi connectivity index (χ4n) is 3.00. The van der Waals surface area contributed by atoms with Gasteiger partial charge < -0.3 is 9.47 Å². The first-order valence-corrected chi connectivity index (χ1v) is 11.6. The van der Waals surface area contributed by atoms with Crippen molar-refractivity contribution in [2.24, 2.45) is 5.92 Å². The van der Waals surface area contributed by atoms with E-state index >= 15 is 0 Å². The number of aromatic nitrogens is 1. The molecule has 0 spiro atoms. The van der Waals surface area contributed by atoms with E-state index in [-0.39, 0.29) is 5.91 Å². The predicted molar refractivity (Wildman–Crippen MR) is 133 cm³/mol. The standard InChI is InChI=1S/C26H30N2O3S/c1-17(2)12-13-31-23-10-7-20(15-24(23)30-5)8-11-25(29)28-26-27-22(16-32-26)21-9-6-18(3)19(4)14-21/h6-11,14-17H,12-13H2,1-5H3,(H,27,28,29)/b11-8+. The molecule has 1 heterocycles. The number of thiazole rings is 1. The molecule has 0 unspecified atom stereocenters. The minimum Gasteiger partial charge on any atom is -0.493 e. The van der Waals surface area contributed by atoms with Gasteiger partial charge >= 0.3 is 0 Å². The predicted octanol–water partition coefficient (Wildman–Crippen LogP) is 6.51. The van der Waals surface area contributed by atoms with Gasteiger partial charge in [0.1, 0.15) is 0 Å². The molecule has 0 atom stereocenters. The van der Waals surface area contributed by atoms with Crippen molar-refractivity contribution in [2.75, 3.05) is 19.0 Å². The fraction of sp³-hybridized carbons (Fsp3) is 0.308. The third kappa shape index (κ3) is 6.44. The van der Waals surface area contributed by atoms with E-state index in [1.165, 1.54) is 28.5 Å². The van der Waals surface area contributed by atoms with E-state index < -0.39 is 0 Å². The number of aryl methyl sites for hydroxylation is 2. The average molecular weight is 451 g/mol. The molecule has 0 aliphatic carbocycles. The summed E-state index contributed by atoms with van der Waals surface area (Å²) in [6, 6.07) is 11.9. The molecular weight excluding hydrogens is 420 g/mol. The van der Waals surface area contributed by atoms with E-state index in [0.717, 1.165) is 23.2 Å². The van der Waals surface area contributed by atoms with E-state index in [0.29, 0.717) is 29.2 Å². The molecule has 1 N–H and O–H groups in total. The summed E-state index contributed by atoms with van der Waals surface area (Å²) in [5.74, 6) is 1.70. The van der Waals surface area contributed by atoms with Crippen LogP contribution in [0.3, 0.4) is 0 Å². The second-order valence-electron chi connectivity index (χ2n) is 8.10. The largest absolute Gasteiger partial charge is 0.493 e. The summed E-state index contributed by atoms with van der Waals surface area (Å²) in [6.07, 6.45) is 4.21. The van der Waals surface area contributed by atoms with Crippen molar-refractivity contribution in [1.29, 1.82) is 0 Å². The van der Waals surface area contributed by atoms with Crippen LogP contribution in [0.1, 0.15) is 37.0 Å². The van der Waals surface area contributed by atoms with Crippen molar-refractivity contribution in [2.45, 2.75) is 34.1 Å². The molecule has 6 heteroatoms. The highest BCUT2D eigenvalue weighted by Crippen LogP contribution is 2.29. The molecule has 0 fully saturated rings. The van der Waals surface area contributed by atoms with Crippen molar-refractivity contribution in [3.63, 3.8) is 0 Å². The van der Waals surface area contributed by atoms with Crippen LogP contribution in [0.4, 0.5) is 5.13 Å². The Morgan fingerprint density at radius 2 is 1.94 bits per heavy atom. The minimum atomic E-state index is -0.234. The molecule has 0 radical (unpaired) electrons. The lowest BCUT2D eigenvalue weighted by Gasteiger charge is -2.12. The van der Waals surface area contributed by atoms with Gasteiger partial charge in [0, 0.05) is 17.0 Å². The van der Waals surface area contributed by atoms with E-state index in [2.05, 4.69) is 50.1 Å². The highest BCUT2D eigenvalue weighted by atomic mass is 32.1. The molecule has 3 aromatic rings. The molecule has 1 aromatic heterocycles. The first-order valence-electron chi connectivity index (χ1n) is 10.7. The van der Waals surface area contributed by atoms with Gasteiger partial charge in [-0.3, -0.25) is 10.1 Å². The van der Waals surface area contributed by atoms with Crippen molar-refractivity contribution >= 4 is 28.5 Å². The lowest BCUT2D eigenvalue weighted by molar-refractivity contribution is -0.111. The number of amides is 1. The molecule has 168 valence electrons. The maximum absolute atomic E-state index is 12.4. The van der Waals surface area contributed by atoms with Gasteiger partial charge in [-0.2, -0.15) is 0 Å². The number of rotatable bonds is 9. The molecule has 32 heavy (non-hydrogen) atoms. The number of hydrogen-bond acceptors (Lipinski definition) is 5. The maximum atomic E-state index is 12.4. The van der Waals surface area contributed by atoms with Crippen LogP contribution in [0.25, 0.3) is 17.3 Å². The molecule has 1 amide bonds. The van der Waals surface area contributed by atoms with Crippen molar-refractivity contribution in [1.82, 2.24) is 4.98 Å². The number of carbonyl (C=O) groups is 1. The van der Waals surface area contributed by atoms with Crippen LogP contribution in [0.2, 0.25) is 0 Å². The second kappa shape index (κ2) is 11.0. The molecular formula is C26H30N2O3S. The number of benzene rings is 2. The highest BCUT2D eigenvalue weighted by Gasteiger charge is 2.09. The maximum Gasteiger partial charge on any atom is 0.250 e. The van der Waals surface area contributed by atoms with Gasteiger partial charge in [-0.25, -0.2) is 4.98 Å². The lowest BCUT2D eigenvalue weighted by atomic mass is 10.1. The summed E-state index contributed by atoms with van der Waals surface area (Å²) in [5, 5.41) is 5.35. The monoisotopic (exact) mass is 450 g/mol. The summed E-state index contributed by atoms with van der Waals surface area (Å²) < 4.78 is 11.3. The second-order valence-corrected chi connectivity index (χ2v) is 8.96. The Labute approximate surface area is 194 Å². The molecule has 2 aromatic carbocycles. The van der Waals surface area contributed by atoms with Crippen LogP contribution in [-0.2, 0) is 4.79 Å². The first-order chi connectivity index (χ1) is 15.4. The Morgan fingerprint density at radius 1 is 1.12 bits per heavy atom. The van der Waals surface area contributed by atoms with Crippen LogP contribution in [0, 0.1) is 19.8 Å². The lowest BCUT2D eigenvalue weighted by Crippen LogP contribution is -2.07. The third-order valence-corrected chi connectivity index (χ3v) is 5.86. The minimum absolute atomic E-state index is 0.234. The normalized spacial score (nSPS) is 11.2. The van der Waals surface area contributed by atoms with Gasteiger partial charge in [-0.1, -0.05) is 32.0 Å². The van der Waals surface area contributed by atoms with Crippen LogP contribution in [-0.4, -0.2) is 24.6 Å². The van der Waals surface area contributed by atoms with Gasteiger partial charge in [-0.05, 0) is 67.2 Å². The Bertz CT molecular complexity index is 1100. The highest BCUT2D eigenvalue weighted by molar-refractivity contribution is 7.14. The van der Waals surface area contributed by atoms with Crippen molar-refractivity contribution in [3.05, 3.63) is 64.5 Å². The molecule has 0 aliphatic rings. The van der Waals surface area contributed by atoms with Crippen LogP contribution < -0.4 is 14.8 Å². The van der Waals surface area contributed by atoms with E-state index in [1.807, 2.05) is 29.6 Å². The smallest absolute Gasteiger partial charge is 0.250 e. The molecule has 3 rings (SSSR count). The zero-order chi connectivity index (χ0) is 23.1. The number of ether oxygens (including phenoxy) is 2. The number of methoxy groups -OCH3 is 1. The molecule has 0 saturated heterocycles. The van der Waals surface area contributed by atoms with Gasteiger partial charge in [-0.15, -0.1) is 11.3 Å². The van der Waals surface area contributed by atoms with E-state index in [9.17, 15) is 4.79 Å². The summed E-state index contributed by atoms with van der Waals surface area (Å²) >= 11 is 1.41. The Kier molecular flexibility index (Phi) is 8.06. The molecule has 5 nitrogen and oxygen atoms in total. The topological polar surface area (TPSA) is 60.5 Å². The number of anilines is 1. The van der Waals surface area contributed by atoms with Crippen molar-refractivity contribution < 1.29 is 14.3 Å². The van der Waals surface area contributed by atoms with Crippen molar-refractivity contribution in [3.8, 4) is 22.8 Å².